The quantitative estimate of drug-likeness (QED) is 0.798. The average molecular weight is 363 g/mol. The van der Waals surface area contributed by atoms with Crippen LogP contribution in [-0.4, -0.2) is 57.9 Å². The number of halogens is 1. The lowest BCUT2D eigenvalue weighted by molar-refractivity contribution is -0.128. The largest absolute Gasteiger partial charge is 0.368 e. The first-order valence-corrected chi connectivity index (χ1v) is 9.46. The Morgan fingerprint density at radius 2 is 1.96 bits per heavy atom. The number of carbonyl (C=O) groups excluding carboxylic acids is 1. The van der Waals surface area contributed by atoms with E-state index in [0.717, 1.165) is 37.4 Å². The molecule has 1 N–H and O–H groups in total. The number of piperazine rings is 1. The summed E-state index contributed by atoms with van der Waals surface area (Å²) in [6.45, 7) is 4.94. The van der Waals surface area contributed by atoms with E-state index in [1.807, 2.05) is 4.90 Å². The van der Waals surface area contributed by atoms with Gasteiger partial charge in [0.05, 0.1) is 5.75 Å². The molecule has 8 heteroatoms. The fraction of sp³-hybridized carbons (Fsp3) is 0.471. The first kappa shape index (κ1) is 17.7. The van der Waals surface area contributed by atoms with E-state index in [9.17, 15) is 9.18 Å². The highest BCUT2D eigenvalue weighted by molar-refractivity contribution is 7.99. The number of aromatic amines is 1. The number of hydrogen-bond acceptors (Lipinski definition) is 5. The Bertz CT molecular complexity index is 697. The number of thioether (sulfide) groups is 1. The number of H-pyrrole nitrogens is 1. The summed E-state index contributed by atoms with van der Waals surface area (Å²) in [5.41, 5.74) is 0.993. The number of hydrogen-bond donors (Lipinski definition) is 1. The number of nitrogens with zero attached hydrogens (tertiary/aromatic N) is 4. The molecular weight excluding hydrogens is 341 g/mol. The number of anilines is 1. The number of aryl methyl sites for hydroxylation is 1. The molecule has 6 nitrogen and oxygen atoms in total. The number of amides is 1. The monoisotopic (exact) mass is 363 g/mol. The number of benzene rings is 1. The lowest BCUT2D eigenvalue weighted by atomic mass is 10.2. The minimum atomic E-state index is -0.233. The van der Waals surface area contributed by atoms with E-state index in [1.54, 1.807) is 12.1 Å². The molecule has 2 heterocycles. The van der Waals surface area contributed by atoms with Gasteiger partial charge in [0.2, 0.25) is 11.1 Å². The van der Waals surface area contributed by atoms with Gasteiger partial charge in [0.1, 0.15) is 11.6 Å². The van der Waals surface area contributed by atoms with Gasteiger partial charge in [-0.1, -0.05) is 18.7 Å². The van der Waals surface area contributed by atoms with Crippen molar-refractivity contribution in [2.45, 2.75) is 24.9 Å². The Balaban J connectivity index is 1.45. The Kier molecular flexibility index (Phi) is 5.91. The molecule has 0 spiro atoms. The molecule has 1 aromatic heterocycles. The Hall–Kier alpha value is -2.09. The fourth-order valence-electron chi connectivity index (χ4n) is 2.77. The van der Waals surface area contributed by atoms with Crippen LogP contribution in [0.1, 0.15) is 19.2 Å². The third-order valence-corrected chi connectivity index (χ3v) is 4.98. The molecule has 0 atom stereocenters. The van der Waals surface area contributed by atoms with Gasteiger partial charge in [-0.25, -0.2) is 9.37 Å². The van der Waals surface area contributed by atoms with Crippen LogP contribution in [0.3, 0.4) is 0 Å². The van der Waals surface area contributed by atoms with Crippen LogP contribution in [0.5, 0.6) is 0 Å². The molecule has 2 aromatic rings. The Morgan fingerprint density at radius 3 is 2.64 bits per heavy atom. The zero-order valence-corrected chi connectivity index (χ0v) is 15.1. The molecule has 0 radical (unpaired) electrons. The highest BCUT2D eigenvalue weighted by Gasteiger charge is 2.21. The lowest BCUT2D eigenvalue weighted by Gasteiger charge is -2.36. The summed E-state index contributed by atoms with van der Waals surface area (Å²) >= 11 is 1.37. The smallest absolute Gasteiger partial charge is 0.233 e. The van der Waals surface area contributed by atoms with E-state index in [-0.39, 0.29) is 11.7 Å². The highest BCUT2D eigenvalue weighted by atomic mass is 32.2. The molecule has 0 bridgehead atoms. The molecule has 1 aromatic carbocycles. The normalized spacial score (nSPS) is 14.8. The molecule has 0 unspecified atom stereocenters. The molecule has 1 fully saturated rings. The molecule has 0 aliphatic carbocycles. The second kappa shape index (κ2) is 8.33. The average Bonchev–Trinajstić information content (AvgIpc) is 3.08. The number of aromatic nitrogens is 3. The summed E-state index contributed by atoms with van der Waals surface area (Å²) in [5.74, 6) is 1.08. The predicted molar refractivity (Wildman–Crippen MR) is 96.3 cm³/mol. The summed E-state index contributed by atoms with van der Waals surface area (Å²) < 4.78 is 13.0. The van der Waals surface area contributed by atoms with Crippen molar-refractivity contribution in [2.24, 2.45) is 0 Å². The molecule has 25 heavy (non-hydrogen) atoms. The van der Waals surface area contributed by atoms with Crippen LogP contribution in [-0.2, 0) is 11.2 Å². The van der Waals surface area contributed by atoms with Crippen LogP contribution in [0.4, 0.5) is 10.1 Å². The first-order chi connectivity index (χ1) is 12.2. The van der Waals surface area contributed by atoms with E-state index < -0.39 is 0 Å². The molecule has 0 saturated carbocycles. The van der Waals surface area contributed by atoms with E-state index >= 15 is 0 Å². The summed E-state index contributed by atoms with van der Waals surface area (Å²) in [4.78, 5) is 20.8. The number of rotatable bonds is 6. The molecule has 1 saturated heterocycles. The van der Waals surface area contributed by atoms with Crippen LogP contribution in [0.25, 0.3) is 0 Å². The summed E-state index contributed by atoms with van der Waals surface area (Å²) in [6.07, 6.45) is 1.88. The Labute approximate surface area is 150 Å². The fourth-order valence-corrected chi connectivity index (χ4v) is 3.49. The third kappa shape index (κ3) is 4.72. The van der Waals surface area contributed by atoms with Gasteiger partial charge < -0.3 is 9.80 Å². The molecule has 1 amide bonds. The minimum Gasteiger partial charge on any atom is -0.368 e. The van der Waals surface area contributed by atoms with Crippen molar-refractivity contribution >= 4 is 23.4 Å². The third-order valence-electron chi connectivity index (χ3n) is 4.15. The van der Waals surface area contributed by atoms with Crippen LogP contribution < -0.4 is 4.90 Å². The van der Waals surface area contributed by atoms with Gasteiger partial charge in [-0.3, -0.25) is 9.89 Å². The number of nitrogens with one attached hydrogen (secondary N) is 1. The van der Waals surface area contributed by atoms with Crippen molar-refractivity contribution in [3.63, 3.8) is 0 Å². The van der Waals surface area contributed by atoms with Crippen molar-refractivity contribution in [1.82, 2.24) is 20.1 Å². The van der Waals surface area contributed by atoms with E-state index in [2.05, 4.69) is 27.0 Å². The van der Waals surface area contributed by atoms with Gasteiger partial charge in [0.15, 0.2) is 0 Å². The first-order valence-electron chi connectivity index (χ1n) is 8.48. The zero-order valence-electron chi connectivity index (χ0n) is 14.2. The van der Waals surface area contributed by atoms with Crippen molar-refractivity contribution in [2.75, 3.05) is 36.8 Å². The van der Waals surface area contributed by atoms with Gasteiger partial charge in [0, 0.05) is 38.3 Å². The molecule has 1 aliphatic heterocycles. The minimum absolute atomic E-state index is 0.102. The van der Waals surface area contributed by atoms with Crippen molar-refractivity contribution in [3.05, 3.63) is 35.9 Å². The maximum Gasteiger partial charge on any atom is 0.233 e. The molecule has 3 rings (SSSR count). The van der Waals surface area contributed by atoms with Gasteiger partial charge in [-0.15, -0.1) is 5.10 Å². The molecule has 1 aliphatic rings. The lowest BCUT2D eigenvalue weighted by Crippen LogP contribution is -2.49. The van der Waals surface area contributed by atoms with Crippen LogP contribution in [0.15, 0.2) is 29.4 Å². The zero-order chi connectivity index (χ0) is 17.6. The van der Waals surface area contributed by atoms with Crippen molar-refractivity contribution in [1.29, 1.82) is 0 Å². The second-order valence-corrected chi connectivity index (χ2v) is 6.89. The van der Waals surface area contributed by atoms with E-state index in [0.29, 0.717) is 24.0 Å². The summed E-state index contributed by atoms with van der Waals surface area (Å²) in [7, 11) is 0. The molecule has 134 valence electrons. The topological polar surface area (TPSA) is 65.1 Å². The maximum atomic E-state index is 13.0. The number of carbonyl (C=O) groups is 1. The van der Waals surface area contributed by atoms with E-state index in [4.69, 9.17) is 0 Å². The second-order valence-electron chi connectivity index (χ2n) is 5.95. The van der Waals surface area contributed by atoms with Gasteiger partial charge >= 0.3 is 0 Å². The molecular formula is C17H22FN5OS. The SMILES string of the molecule is CCCc1nc(SCC(=O)N2CCN(c3ccc(F)cc3)CC2)n[nH]1. The Morgan fingerprint density at radius 1 is 1.24 bits per heavy atom. The summed E-state index contributed by atoms with van der Waals surface area (Å²) in [6, 6.07) is 6.49. The van der Waals surface area contributed by atoms with Crippen LogP contribution in [0, 0.1) is 5.82 Å². The van der Waals surface area contributed by atoms with Crippen molar-refractivity contribution in [3.8, 4) is 0 Å². The summed E-state index contributed by atoms with van der Waals surface area (Å²) in [5, 5.41) is 7.65. The van der Waals surface area contributed by atoms with Gasteiger partial charge in [-0.2, -0.15) is 0 Å². The predicted octanol–water partition coefficient (Wildman–Crippen LogP) is 2.34. The van der Waals surface area contributed by atoms with Crippen molar-refractivity contribution < 1.29 is 9.18 Å². The van der Waals surface area contributed by atoms with Crippen LogP contribution in [0.2, 0.25) is 0 Å². The van der Waals surface area contributed by atoms with Crippen LogP contribution >= 0.6 is 11.8 Å². The van der Waals surface area contributed by atoms with Gasteiger partial charge in [0.25, 0.3) is 0 Å². The standard InChI is InChI=1S/C17H22FN5OS/c1-2-3-15-19-17(21-20-15)25-12-16(24)23-10-8-22(9-11-23)14-6-4-13(18)5-7-14/h4-7H,2-3,8-12H2,1H3,(H,19,20,21). The maximum absolute atomic E-state index is 13.0. The van der Waals surface area contributed by atoms with Gasteiger partial charge in [-0.05, 0) is 30.7 Å². The highest BCUT2D eigenvalue weighted by Crippen LogP contribution is 2.18. The van der Waals surface area contributed by atoms with E-state index in [1.165, 1.54) is 23.9 Å².